The number of likely N-dealkylation sites (N-methyl/N-ethyl adjacent to an activating group) is 2. The molecule has 12 heteroatoms. The summed E-state index contributed by atoms with van der Waals surface area (Å²) in [7, 11) is -1.75. The Morgan fingerprint density at radius 2 is 1.10 bits per heavy atom. The third-order valence-corrected chi connectivity index (χ3v) is 12.8. The largest absolute Gasteiger partial charge is 0.342 e. The van der Waals surface area contributed by atoms with E-state index >= 15 is 0 Å². The van der Waals surface area contributed by atoms with E-state index in [1.807, 2.05) is 0 Å². The fraction of sp³-hybridized carbons (Fsp3) is 0.857. The summed E-state index contributed by atoms with van der Waals surface area (Å²) in [6, 6.07) is 0. The number of hydrogen-bond donors (Lipinski definition) is 0. The van der Waals surface area contributed by atoms with E-state index in [2.05, 4.69) is 61.1 Å². The highest BCUT2D eigenvalue weighted by atomic mass is 32.2. The molecule has 6 nitrogen and oxygen atoms in total. The normalized spacial score (nSPS) is 19.6. The number of thiocarbonyl (C=S) groups is 4. The lowest BCUT2D eigenvalue weighted by atomic mass is 9.82. The molecule has 2 aliphatic rings. The average molecular weight is 667 g/mol. The molecule has 2 aliphatic heterocycles. The molecule has 40 heavy (non-hydrogen) atoms. The second kappa shape index (κ2) is 16.6. The summed E-state index contributed by atoms with van der Waals surface area (Å²) in [5, 5.41) is 1.68. The van der Waals surface area contributed by atoms with Crippen LogP contribution in [0.5, 0.6) is 0 Å². The Labute approximate surface area is 270 Å². The zero-order valence-electron chi connectivity index (χ0n) is 25.4. The van der Waals surface area contributed by atoms with Crippen LogP contribution in [0.4, 0.5) is 0 Å². The fourth-order valence-corrected chi connectivity index (χ4v) is 9.13. The van der Waals surface area contributed by atoms with Gasteiger partial charge in [0.15, 0.2) is 10.2 Å². The molecule has 0 aromatic rings. The summed E-state index contributed by atoms with van der Waals surface area (Å²) in [5.41, 5.74) is 0.119. The molecule has 2 heterocycles. The van der Waals surface area contributed by atoms with E-state index in [-0.39, 0.29) is 10.8 Å². The first kappa shape index (κ1) is 36.1. The smallest absolute Gasteiger partial charge is 0.176 e. The maximum absolute atomic E-state index is 12.7. The van der Waals surface area contributed by atoms with Gasteiger partial charge in [-0.3, -0.25) is 8.42 Å². The Bertz CT molecular complexity index is 974. The SMILES string of the molecule is CCN1CC(=S)N(CC(C)(C)CCCS(=O)CCCS(=O)CCCC(C)(CC)CN2C(=S)CN(CC)C2=S)C1=S. The Morgan fingerprint density at radius 1 is 0.675 bits per heavy atom. The third kappa shape index (κ3) is 10.8. The van der Waals surface area contributed by atoms with Crippen LogP contribution in [-0.2, 0) is 21.6 Å². The van der Waals surface area contributed by atoms with E-state index in [4.69, 9.17) is 48.9 Å². The van der Waals surface area contributed by atoms with Crippen molar-refractivity contribution in [3.05, 3.63) is 0 Å². The highest BCUT2D eigenvalue weighted by molar-refractivity contribution is 7.86. The molecule has 2 fully saturated rings. The molecular weight excluding hydrogens is 617 g/mol. The number of hydrogen-bond acceptors (Lipinski definition) is 6. The fourth-order valence-electron chi connectivity index (χ4n) is 5.21. The predicted molar refractivity (Wildman–Crippen MR) is 189 cm³/mol. The summed E-state index contributed by atoms with van der Waals surface area (Å²) in [6.07, 6.45) is 5.56. The van der Waals surface area contributed by atoms with Crippen molar-refractivity contribution in [1.29, 1.82) is 0 Å². The predicted octanol–water partition coefficient (Wildman–Crippen LogP) is 5.38. The molecule has 3 atom stereocenters. The van der Waals surface area contributed by atoms with E-state index in [0.717, 1.165) is 98.0 Å². The van der Waals surface area contributed by atoms with Gasteiger partial charge in [0.25, 0.3) is 0 Å². The molecular formula is C28H50N4O2S6. The Morgan fingerprint density at radius 3 is 1.52 bits per heavy atom. The van der Waals surface area contributed by atoms with Crippen molar-refractivity contribution in [2.75, 3.05) is 62.3 Å². The van der Waals surface area contributed by atoms with Crippen molar-refractivity contribution in [1.82, 2.24) is 19.6 Å². The van der Waals surface area contributed by atoms with Crippen LogP contribution in [0.2, 0.25) is 0 Å². The van der Waals surface area contributed by atoms with E-state index in [1.54, 1.807) is 0 Å². The van der Waals surface area contributed by atoms with Crippen LogP contribution in [0.3, 0.4) is 0 Å². The topological polar surface area (TPSA) is 47.1 Å². The molecule has 0 aliphatic carbocycles. The van der Waals surface area contributed by atoms with Gasteiger partial charge in [-0.1, -0.05) is 52.1 Å². The second-order valence-electron chi connectivity index (χ2n) is 12.1. The molecule has 0 N–H and O–H groups in total. The van der Waals surface area contributed by atoms with Crippen molar-refractivity contribution in [3.8, 4) is 0 Å². The summed E-state index contributed by atoms with van der Waals surface area (Å²) in [4.78, 5) is 10.3. The van der Waals surface area contributed by atoms with Crippen molar-refractivity contribution in [2.24, 2.45) is 10.8 Å². The van der Waals surface area contributed by atoms with Crippen molar-refractivity contribution >= 4 is 90.7 Å². The molecule has 0 amide bonds. The minimum Gasteiger partial charge on any atom is -0.342 e. The van der Waals surface area contributed by atoms with Crippen LogP contribution in [0.15, 0.2) is 0 Å². The molecule has 0 radical (unpaired) electrons. The molecule has 0 bridgehead atoms. The zero-order chi connectivity index (χ0) is 30.1. The lowest BCUT2D eigenvalue weighted by Gasteiger charge is -2.34. The van der Waals surface area contributed by atoms with Crippen molar-refractivity contribution in [2.45, 2.75) is 80.1 Å². The first-order valence-electron chi connectivity index (χ1n) is 14.6. The van der Waals surface area contributed by atoms with Crippen molar-refractivity contribution < 1.29 is 8.42 Å². The standard InChI is InChI=1S/C28H50N4O2S6/c1-7-28(6,22-32-24(36)20-30(9-3)26(32)38)14-11-16-40(34)18-12-17-39(33)15-10-13-27(4,5)21-31-23(35)19-29(8-2)25(31)37/h7-22H2,1-6H3. The van der Waals surface area contributed by atoms with Crippen LogP contribution in [0.1, 0.15) is 80.1 Å². The van der Waals surface area contributed by atoms with Gasteiger partial charge in [-0.05, 0) is 87.6 Å². The lowest BCUT2D eigenvalue weighted by Crippen LogP contribution is -2.40. The summed E-state index contributed by atoms with van der Waals surface area (Å²) in [5.74, 6) is 2.64. The van der Waals surface area contributed by atoms with Crippen LogP contribution in [0.25, 0.3) is 0 Å². The summed E-state index contributed by atoms with van der Waals surface area (Å²) in [6.45, 7) is 18.0. The van der Waals surface area contributed by atoms with Crippen LogP contribution >= 0.6 is 48.9 Å². The summed E-state index contributed by atoms with van der Waals surface area (Å²) < 4.78 is 25.3. The molecule has 2 saturated heterocycles. The minimum absolute atomic E-state index is 0.0382. The summed E-state index contributed by atoms with van der Waals surface area (Å²) >= 11 is 22.4. The first-order valence-corrected chi connectivity index (χ1v) is 19.2. The van der Waals surface area contributed by atoms with Crippen LogP contribution < -0.4 is 0 Å². The highest BCUT2D eigenvalue weighted by Crippen LogP contribution is 2.31. The average Bonchev–Trinajstić information content (AvgIpc) is 3.32. The second-order valence-corrected chi connectivity index (χ2v) is 17.2. The van der Waals surface area contributed by atoms with Crippen LogP contribution in [0, 0.1) is 10.8 Å². The zero-order valence-corrected chi connectivity index (χ0v) is 30.3. The van der Waals surface area contributed by atoms with E-state index in [9.17, 15) is 8.42 Å². The maximum Gasteiger partial charge on any atom is 0.176 e. The van der Waals surface area contributed by atoms with Gasteiger partial charge in [0.05, 0.1) is 13.1 Å². The highest BCUT2D eigenvalue weighted by Gasteiger charge is 2.35. The molecule has 0 aromatic carbocycles. The number of rotatable bonds is 19. The van der Waals surface area contributed by atoms with Gasteiger partial charge < -0.3 is 19.6 Å². The van der Waals surface area contributed by atoms with Gasteiger partial charge in [0.2, 0.25) is 0 Å². The third-order valence-electron chi connectivity index (χ3n) is 8.12. The molecule has 230 valence electrons. The molecule has 0 saturated carbocycles. The van der Waals surface area contributed by atoms with Crippen molar-refractivity contribution in [3.63, 3.8) is 0 Å². The lowest BCUT2D eigenvalue weighted by molar-refractivity contribution is 0.243. The van der Waals surface area contributed by atoms with Gasteiger partial charge in [0, 0.05) is 70.8 Å². The molecule has 2 rings (SSSR count). The van der Waals surface area contributed by atoms with Gasteiger partial charge in [-0.25, -0.2) is 0 Å². The maximum atomic E-state index is 12.7. The van der Waals surface area contributed by atoms with Gasteiger partial charge in [-0.2, -0.15) is 0 Å². The quantitative estimate of drug-likeness (QED) is 0.168. The Balaban J connectivity index is 1.63. The first-order chi connectivity index (χ1) is 18.8. The van der Waals surface area contributed by atoms with Gasteiger partial charge >= 0.3 is 0 Å². The Kier molecular flexibility index (Phi) is 15.0. The monoisotopic (exact) mass is 666 g/mol. The van der Waals surface area contributed by atoms with E-state index < -0.39 is 21.6 Å². The minimum atomic E-state index is -0.873. The van der Waals surface area contributed by atoms with E-state index in [0.29, 0.717) is 23.0 Å². The Hall–Kier alpha value is -0.140. The molecule has 3 unspecified atom stereocenters. The number of nitrogens with zero attached hydrogens (tertiary/aromatic N) is 4. The van der Waals surface area contributed by atoms with Gasteiger partial charge in [0.1, 0.15) is 9.98 Å². The molecule has 0 spiro atoms. The van der Waals surface area contributed by atoms with Gasteiger partial charge in [-0.15, -0.1) is 0 Å². The van der Waals surface area contributed by atoms with Crippen LogP contribution in [-0.4, -0.2) is 110 Å². The molecule has 0 aromatic heterocycles. The van der Waals surface area contributed by atoms with E-state index in [1.165, 1.54) is 0 Å².